The predicted molar refractivity (Wildman–Crippen MR) is 152 cm³/mol. The van der Waals surface area contributed by atoms with E-state index in [0.29, 0.717) is 34.2 Å². The number of methoxy groups -OCH3 is 1. The van der Waals surface area contributed by atoms with E-state index in [1.54, 1.807) is 29.4 Å². The van der Waals surface area contributed by atoms with Gasteiger partial charge in [-0.05, 0) is 44.2 Å². The first-order valence-electron chi connectivity index (χ1n) is 12.5. The van der Waals surface area contributed by atoms with Crippen LogP contribution in [0.2, 0.25) is 0 Å². The number of rotatable bonds is 5. The number of thiol groups is 1. The Balaban J connectivity index is 1.45. The molecule has 38 heavy (non-hydrogen) atoms. The number of fused-ring (bicyclic) bond motifs is 4. The highest BCUT2D eigenvalue weighted by Gasteiger charge is 2.22. The molecular formula is C27H28FN7O2S. The van der Waals surface area contributed by atoms with Crippen LogP contribution in [0.15, 0.2) is 53.5 Å². The van der Waals surface area contributed by atoms with E-state index in [1.807, 2.05) is 18.2 Å². The molecule has 5 aromatic rings. The van der Waals surface area contributed by atoms with Crippen LogP contribution >= 0.6 is 12.8 Å². The van der Waals surface area contributed by atoms with Crippen molar-refractivity contribution in [1.82, 2.24) is 23.2 Å². The molecule has 0 bridgehead atoms. The summed E-state index contributed by atoms with van der Waals surface area (Å²) < 4.78 is 23.3. The molecule has 1 aliphatic rings. The Kier molecular flexibility index (Phi) is 6.11. The molecule has 0 spiro atoms. The molecule has 196 valence electrons. The highest BCUT2D eigenvalue weighted by Crippen LogP contribution is 2.33. The molecule has 4 heterocycles. The largest absolute Gasteiger partial charge is 0.494 e. The molecular weight excluding hydrogens is 505 g/mol. The SMILES string of the molecule is COc1cc(N2CCN(C(C)C)CC2)ccc1Nc1nc2c(ccn2S)c2nc3cccc(F)c3c(=O)n12. The number of nitrogens with one attached hydrogen (secondary N) is 1. The van der Waals surface area contributed by atoms with Gasteiger partial charge >= 0.3 is 0 Å². The van der Waals surface area contributed by atoms with Gasteiger partial charge in [0.05, 0.1) is 23.7 Å². The molecule has 2 aromatic carbocycles. The van der Waals surface area contributed by atoms with Gasteiger partial charge in [0.25, 0.3) is 5.56 Å². The lowest BCUT2D eigenvalue weighted by Gasteiger charge is -2.38. The van der Waals surface area contributed by atoms with Gasteiger partial charge in [-0.25, -0.2) is 13.8 Å². The molecule has 0 radical (unpaired) electrons. The average Bonchev–Trinajstić information content (AvgIpc) is 3.29. The quantitative estimate of drug-likeness (QED) is 0.257. The van der Waals surface area contributed by atoms with Gasteiger partial charge < -0.3 is 15.0 Å². The Morgan fingerprint density at radius 2 is 1.84 bits per heavy atom. The summed E-state index contributed by atoms with van der Waals surface area (Å²) in [6, 6.07) is 12.6. The minimum atomic E-state index is -0.633. The Labute approximate surface area is 224 Å². The van der Waals surface area contributed by atoms with Crippen LogP contribution in [0.5, 0.6) is 5.75 Å². The first kappa shape index (κ1) is 24.5. The van der Waals surface area contributed by atoms with Crippen LogP contribution in [-0.4, -0.2) is 62.6 Å². The second-order valence-corrected chi connectivity index (χ2v) is 10.1. The molecule has 1 aliphatic heterocycles. The fraction of sp³-hybridized carbons (Fsp3) is 0.296. The molecule has 11 heteroatoms. The zero-order valence-corrected chi connectivity index (χ0v) is 22.2. The van der Waals surface area contributed by atoms with Crippen molar-refractivity contribution in [3.8, 4) is 5.75 Å². The van der Waals surface area contributed by atoms with Gasteiger partial charge in [0.1, 0.15) is 17.0 Å². The van der Waals surface area contributed by atoms with Crippen molar-refractivity contribution in [2.24, 2.45) is 0 Å². The Morgan fingerprint density at radius 1 is 1.05 bits per heavy atom. The van der Waals surface area contributed by atoms with E-state index in [4.69, 9.17) is 4.74 Å². The van der Waals surface area contributed by atoms with E-state index in [2.05, 4.69) is 51.7 Å². The number of nitrogens with zero attached hydrogens (tertiary/aromatic N) is 6. The summed E-state index contributed by atoms with van der Waals surface area (Å²) in [5, 5.41) is 3.77. The summed E-state index contributed by atoms with van der Waals surface area (Å²) in [6.07, 6.45) is 1.72. The van der Waals surface area contributed by atoms with Crippen LogP contribution in [0.1, 0.15) is 13.8 Å². The van der Waals surface area contributed by atoms with Gasteiger partial charge in [0, 0.05) is 50.2 Å². The second kappa shape index (κ2) is 9.48. The highest BCUT2D eigenvalue weighted by atomic mass is 32.1. The van der Waals surface area contributed by atoms with Crippen molar-refractivity contribution >= 4 is 57.7 Å². The summed E-state index contributed by atoms with van der Waals surface area (Å²) in [5.74, 6) is 0.144. The zero-order valence-electron chi connectivity index (χ0n) is 21.3. The number of benzene rings is 2. The maximum absolute atomic E-state index is 14.7. The predicted octanol–water partition coefficient (Wildman–Crippen LogP) is 4.31. The fourth-order valence-corrected chi connectivity index (χ4v) is 5.32. The molecule has 0 atom stereocenters. The van der Waals surface area contributed by atoms with E-state index in [1.165, 1.54) is 16.5 Å². The van der Waals surface area contributed by atoms with E-state index < -0.39 is 11.4 Å². The van der Waals surface area contributed by atoms with Gasteiger partial charge in [0.2, 0.25) is 5.95 Å². The Bertz CT molecular complexity index is 1740. The van der Waals surface area contributed by atoms with Crippen molar-refractivity contribution in [2.45, 2.75) is 19.9 Å². The molecule has 1 N–H and O–H groups in total. The maximum atomic E-state index is 14.7. The number of anilines is 3. The first-order chi connectivity index (χ1) is 18.4. The molecule has 9 nitrogen and oxygen atoms in total. The van der Waals surface area contributed by atoms with Crippen LogP contribution in [0.3, 0.4) is 0 Å². The van der Waals surface area contributed by atoms with Gasteiger partial charge in [-0.3, -0.25) is 13.7 Å². The van der Waals surface area contributed by atoms with Crippen LogP contribution in [0.4, 0.5) is 21.7 Å². The number of hydrogen-bond acceptors (Lipinski definition) is 8. The van der Waals surface area contributed by atoms with E-state index in [-0.39, 0.29) is 16.9 Å². The van der Waals surface area contributed by atoms with Gasteiger partial charge in [-0.2, -0.15) is 4.98 Å². The standard InChI is InChI=1S/C27H28FN7O2S/c1-16(2)32-11-13-33(14-12-32)17-7-8-20(22(15-17)37-3)30-27-31-24-18(9-10-34(24)38)25-29-21-6-4-5-19(28)23(21)26(36)35(25)27/h4-10,15-16,38H,11-14H2,1-3H3,(H,30,31). The lowest BCUT2D eigenvalue weighted by Crippen LogP contribution is -2.48. The van der Waals surface area contributed by atoms with Crippen molar-refractivity contribution in [3.63, 3.8) is 0 Å². The molecule has 1 fully saturated rings. The fourth-order valence-electron chi connectivity index (χ4n) is 5.10. The summed E-state index contributed by atoms with van der Waals surface area (Å²) >= 11 is 4.46. The van der Waals surface area contributed by atoms with Crippen LogP contribution in [-0.2, 0) is 0 Å². The maximum Gasteiger partial charge on any atom is 0.271 e. The van der Waals surface area contributed by atoms with Gasteiger partial charge in [-0.15, -0.1) is 0 Å². The van der Waals surface area contributed by atoms with Crippen molar-refractivity contribution in [3.05, 3.63) is 64.8 Å². The lowest BCUT2D eigenvalue weighted by atomic mass is 10.2. The summed E-state index contributed by atoms with van der Waals surface area (Å²) in [6.45, 7) is 8.29. The Hall–Kier alpha value is -3.83. The number of halogens is 1. The average molecular weight is 534 g/mol. The van der Waals surface area contributed by atoms with Crippen molar-refractivity contribution < 1.29 is 9.13 Å². The van der Waals surface area contributed by atoms with Crippen LogP contribution in [0.25, 0.3) is 27.6 Å². The third kappa shape index (κ3) is 4.02. The summed E-state index contributed by atoms with van der Waals surface area (Å²) in [7, 11) is 1.60. The van der Waals surface area contributed by atoms with E-state index in [0.717, 1.165) is 31.9 Å². The van der Waals surface area contributed by atoms with Gasteiger partial charge in [-0.1, -0.05) is 18.9 Å². The van der Waals surface area contributed by atoms with Crippen molar-refractivity contribution in [1.29, 1.82) is 0 Å². The molecule has 1 saturated heterocycles. The summed E-state index contributed by atoms with van der Waals surface area (Å²) in [5.41, 5.74) is 2.26. The molecule has 0 aliphatic carbocycles. The Morgan fingerprint density at radius 3 is 2.58 bits per heavy atom. The molecule has 0 saturated carbocycles. The monoisotopic (exact) mass is 533 g/mol. The third-order valence-corrected chi connectivity index (χ3v) is 7.52. The van der Waals surface area contributed by atoms with Gasteiger partial charge in [0.15, 0.2) is 11.3 Å². The molecule has 3 aromatic heterocycles. The smallest absolute Gasteiger partial charge is 0.271 e. The number of aromatic nitrogens is 4. The minimum Gasteiger partial charge on any atom is -0.494 e. The summed E-state index contributed by atoms with van der Waals surface area (Å²) in [4.78, 5) is 27.7. The third-order valence-electron chi connectivity index (χ3n) is 7.19. The normalized spacial score (nSPS) is 14.7. The lowest BCUT2D eigenvalue weighted by molar-refractivity contribution is 0.209. The van der Waals surface area contributed by atoms with E-state index in [9.17, 15) is 9.18 Å². The van der Waals surface area contributed by atoms with Crippen LogP contribution < -0.4 is 20.5 Å². The second-order valence-electron chi connectivity index (χ2n) is 9.67. The van der Waals surface area contributed by atoms with E-state index >= 15 is 0 Å². The minimum absolute atomic E-state index is 0.0950. The first-order valence-corrected chi connectivity index (χ1v) is 12.9. The topological polar surface area (TPSA) is 79.9 Å². The van der Waals surface area contributed by atoms with Crippen LogP contribution in [0, 0.1) is 5.82 Å². The number of hydrogen-bond donors (Lipinski definition) is 2. The zero-order chi connectivity index (χ0) is 26.6. The molecule has 0 unspecified atom stereocenters. The number of ether oxygens (including phenoxy) is 1. The molecule has 0 amide bonds. The highest BCUT2D eigenvalue weighted by molar-refractivity contribution is 7.78. The number of piperazine rings is 1. The van der Waals surface area contributed by atoms with Crippen molar-refractivity contribution in [2.75, 3.05) is 43.5 Å². The molecule has 6 rings (SSSR count).